The second-order valence-corrected chi connectivity index (χ2v) is 11.2. The Labute approximate surface area is 251 Å². The molecule has 42 heavy (non-hydrogen) atoms. The molecule has 6 nitrogen and oxygen atoms in total. The van der Waals surface area contributed by atoms with E-state index in [1.807, 2.05) is 60.7 Å². The molecule has 1 aliphatic carbocycles. The van der Waals surface area contributed by atoms with Crippen LogP contribution in [0.4, 0.5) is 0 Å². The summed E-state index contributed by atoms with van der Waals surface area (Å²) in [6.45, 7) is 5.07. The van der Waals surface area contributed by atoms with Crippen LogP contribution in [-0.4, -0.2) is 35.7 Å². The highest BCUT2D eigenvalue weighted by Crippen LogP contribution is 2.28. The van der Waals surface area contributed by atoms with Crippen LogP contribution in [0, 0.1) is 0 Å². The van der Waals surface area contributed by atoms with Crippen LogP contribution in [0.2, 0.25) is 0 Å². The van der Waals surface area contributed by atoms with E-state index in [2.05, 4.69) is 18.2 Å². The van der Waals surface area contributed by atoms with E-state index in [1.54, 1.807) is 20.8 Å². The molecule has 0 N–H and O–H groups in total. The second-order valence-electron chi connectivity index (χ2n) is 11.2. The Balaban J connectivity index is 1.56. The van der Waals surface area contributed by atoms with Gasteiger partial charge in [0, 0.05) is 19.3 Å². The number of carbonyl (C=O) groups excluding carboxylic acids is 3. The quantitative estimate of drug-likeness (QED) is 0.143. The fourth-order valence-corrected chi connectivity index (χ4v) is 4.99. The molecule has 3 atom stereocenters. The highest BCUT2D eigenvalue weighted by atomic mass is 16.6. The van der Waals surface area contributed by atoms with Gasteiger partial charge in [0.1, 0.15) is 12.2 Å². The van der Waals surface area contributed by atoms with Crippen LogP contribution in [0.15, 0.2) is 84.5 Å². The Morgan fingerprint density at radius 2 is 1.17 bits per heavy atom. The maximum atomic E-state index is 13.0. The van der Waals surface area contributed by atoms with E-state index in [0.717, 1.165) is 43.2 Å². The van der Waals surface area contributed by atoms with Crippen molar-refractivity contribution in [1.29, 1.82) is 0 Å². The van der Waals surface area contributed by atoms with E-state index in [9.17, 15) is 14.4 Å². The number of ether oxygens (including phenoxy) is 3. The number of benzene rings is 2. The normalized spacial score (nSPS) is 15.5. The van der Waals surface area contributed by atoms with Crippen molar-refractivity contribution < 1.29 is 28.6 Å². The molecular formula is C36H46O6. The maximum absolute atomic E-state index is 13.0. The monoisotopic (exact) mass is 574 g/mol. The van der Waals surface area contributed by atoms with E-state index in [0.29, 0.717) is 19.3 Å². The predicted molar refractivity (Wildman–Crippen MR) is 165 cm³/mol. The van der Waals surface area contributed by atoms with Crippen LogP contribution in [0.25, 0.3) is 0 Å². The molecule has 0 aliphatic heterocycles. The number of carbonyl (C=O) groups is 3. The summed E-state index contributed by atoms with van der Waals surface area (Å²) in [5, 5.41) is 0. The molecule has 6 heteroatoms. The fraction of sp³-hybridized carbons (Fsp3) is 0.472. The molecule has 2 aromatic carbocycles. The first-order valence-corrected chi connectivity index (χ1v) is 15.3. The third-order valence-corrected chi connectivity index (χ3v) is 7.86. The van der Waals surface area contributed by atoms with Gasteiger partial charge in [0.15, 0.2) is 5.60 Å². The van der Waals surface area contributed by atoms with E-state index < -0.39 is 23.8 Å². The molecular weight excluding hydrogens is 528 g/mol. The van der Waals surface area contributed by atoms with Crippen molar-refractivity contribution in [3.63, 3.8) is 0 Å². The maximum Gasteiger partial charge on any atom is 0.306 e. The average molecular weight is 575 g/mol. The van der Waals surface area contributed by atoms with Crippen LogP contribution >= 0.6 is 0 Å². The lowest BCUT2D eigenvalue weighted by Crippen LogP contribution is -2.53. The van der Waals surface area contributed by atoms with Gasteiger partial charge in [-0.2, -0.15) is 0 Å². The summed E-state index contributed by atoms with van der Waals surface area (Å²) in [7, 11) is 0. The Hall–Kier alpha value is -3.67. The van der Waals surface area contributed by atoms with Crippen molar-refractivity contribution in [1.82, 2.24) is 0 Å². The molecule has 1 aliphatic rings. The summed E-state index contributed by atoms with van der Waals surface area (Å²) in [6.07, 6.45) is 11.9. The zero-order valence-electron chi connectivity index (χ0n) is 25.4. The van der Waals surface area contributed by atoms with Gasteiger partial charge in [0.05, 0.1) is 0 Å². The van der Waals surface area contributed by atoms with Gasteiger partial charge in [-0.25, -0.2) is 0 Å². The van der Waals surface area contributed by atoms with Crippen molar-refractivity contribution in [3.05, 3.63) is 95.6 Å². The minimum Gasteiger partial charge on any atom is -0.458 e. The third-order valence-electron chi connectivity index (χ3n) is 7.86. The van der Waals surface area contributed by atoms with E-state index in [1.165, 1.54) is 5.57 Å². The summed E-state index contributed by atoms with van der Waals surface area (Å²) in [5.74, 6) is -1.16. The topological polar surface area (TPSA) is 78.9 Å². The SMILES string of the molecule is CC(OC(=O)CCCC1=CCCC=C1)C(C)(OC(=O)CCCc1ccccc1)C(C)OC(=O)CCCc1ccccc1. The molecule has 0 saturated carbocycles. The van der Waals surface area contributed by atoms with Crippen LogP contribution in [0.1, 0.15) is 89.7 Å². The molecule has 0 amide bonds. The molecule has 0 spiro atoms. The van der Waals surface area contributed by atoms with E-state index >= 15 is 0 Å². The van der Waals surface area contributed by atoms with Crippen molar-refractivity contribution in [2.45, 2.75) is 109 Å². The fourth-order valence-electron chi connectivity index (χ4n) is 4.99. The Bertz CT molecular complexity index is 1190. The van der Waals surface area contributed by atoms with Gasteiger partial charge in [-0.3, -0.25) is 14.4 Å². The average Bonchev–Trinajstić information content (AvgIpc) is 2.98. The van der Waals surface area contributed by atoms with Gasteiger partial charge in [0.25, 0.3) is 0 Å². The molecule has 0 heterocycles. The Morgan fingerprint density at radius 1 is 0.690 bits per heavy atom. The third kappa shape index (κ3) is 11.3. The Morgan fingerprint density at radius 3 is 1.64 bits per heavy atom. The van der Waals surface area contributed by atoms with Crippen LogP contribution in [0.3, 0.4) is 0 Å². The zero-order chi connectivity index (χ0) is 30.2. The van der Waals surface area contributed by atoms with E-state index in [-0.39, 0.29) is 31.2 Å². The number of esters is 3. The molecule has 0 saturated heterocycles. The van der Waals surface area contributed by atoms with Crippen molar-refractivity contribution in [2.75, 3.05) is 0 Å². The first-order valence-electron chi connectivity index (χ1n) is 15.3. The number of rotatable bonds is 17. The first-order chi connectivity index (χ1) is 20.3. The van der Waals surface area contributed by atoms with Gasteiger partial charge < -0.3 is 14.2 Å². The molecule has 226 valence electrons. The van der Waals surface area contributed by atoms with Gasteiger partial charge >= 0.3 is 17.9 Å². The zero-order valence-corrected chi connectivity index (χ0v) is 25.4. The summed E-state index contributed by atoms with van der Waals surface area (Å²) in [4.78, 5) is 38.5. The molecule has 2 aromatic rings. The highest BCUT2D eigenvalue weighted by molar-refractivity contribution is 5.72. The van der Waals surface area contributed by atoms with Gasteiger partial charge in [-0.15, -0.1) is 0 Å². The number of aryl methyl sites for hydroxylation is 2. The van der Waals surface area contributed by atoms with Crippen LogP contribution in [0.5, 0.6) is 0 Å². The van der Waals surface area contributed by atoms with Gasteiger partial charge in [0.2, 0.25) is 0 Å². The van der Waals surface area contributed by atoms with Crippen LogP contribution in [-0.2, 0) is 41.4 Å². The molecule has 0 fully saturated rings. The smallest absolute Gasteiger partial charge is 0.306 e. The second kappa shape index (κ2) is 17.3. The largest absolute Gasteiger partial charge is 0.458 e. The number of hydrogen-bond acceptors (Lipinski definition) is 6. The van der Waals surface area contributed by atoms with Crippen molar-refractivity contribution in [3.8, 4) is 0 Å². The molecule has 0 aromatic heterocycles. The standard InChI is InChI=1S/C36H46O6/c1-28(40-33(37)25-13-22-30-16-7-4-8-17-30)36(3,42-35(39)27-15-24-32-20-11-6-12-21-32)29(2)41-34(38)26-14-23-31-18-9-5-10-19-31/h4,6-9,11-12,16-21,28-29H,5,10,13-15,22-27H2,1-3H3. The summed E-state index contributed by atoms with van der Waals surface area (Å²) >= 11 is 0. The molecule has 3 unspecified atom stereocenters. The summed E-state index contributed by atoms with van der Waals surface area (Å²) in [5.41, 5.74) is 2.20. The van der Waals surface area contributed by atoms with Crippen molar-refractivity contribution in [2.24, 2.45) is 0 Å². The number of hydrogen-bond donors (Lipinski definition) is 0. The first kappa shape index (κ1) is 32.8. The van der Waals surface area contributed by atoms with Crippen molar-refractivity contribution >= 4 is 17.9 Å². The molecule has 0 radical (unpaired) electrons. The summed E-state index contributed by atoms with van der Waals surface area (Å²) < 4.78 is 17.5. The lowest BCUT2D eigenvalue weighted by molar-refractivity contribution is -0.206. The highest BCUT2D eigenvalue weighted by Gasteiger charge is 2.45. The Kier molecular flexibility index (Phi) is 13.5. The minimum absolute atomic E-state index is 0.200. The van der Waals surface area contributed by atoms with Crippen LogP contribution < -0.4 is 0 Å². The molecule has 3 rings (SSSR count). The lowest BCUT2D eigenvalue weighted by Gasteiger charge is -2.38. The number of allylic oxidation sites excluding steroid dienone is 4. The predicted octanol–water partition coefficient (Wildman–Crippen LogP) is 7.64. The van der Waals surface area contributed by atoms with Gasteiger partial charge in [-0.1, -0.05) is 84.5 Å². The van der Waals surface area contributed by atoms with E-state index in [4.69, 9.17) is 14.2 Å². The molecule has 0 bridgehead atoms. The minimum atomic E-state index is -1.34. The summed E-state index contributed by atoms with van der Waals surface area (Å²) in [6, 6.07) is 19.9. The lowest BCUT2D eigenvalue weighted by atomic mass is 9.93. The van der Waals surface area contributed by atoms with Gasteiger partial charge in [-0.05, 0) is 83.3 Å².